The first kappa shape index (κ1) is 26.3. The average Bonchev–Trinajstić information content (AvgIpc) is 3.15. The Morgan fingerprint density at radius 3 is 2.68 bits per heavy atom. The van der Waals surface area contributed by atoms with E-state index in [0.717, 1.165) is 36.5 Å². The van der Waals surface area contributed by atoms with Gasteiger partial charge in [-0.3, -0.25) is 0 Å². The van der Waals surface area contributed by atoms with Crippen LogP contribution < -0.4 is 15.0 Å². The van der Waals surface area contributed by atoms with E-state index in [0.29, 0.717) is 49.8 Å². The molecule has 198 valence electrons. The van der Waals surface area contributed by atoms with E-state index >= 15 is 0 Å². The highest BCUT2D eigenvalue weighted by Gasteiger charge is 2.30. The summed E-state index contributed by atoms with van der Waals surface area (Å²) < 4.78 is 46.3. The van der Waals surface area contributed by atoms with Crippen molar-refractivity contribution < 1.29 is 22.7 Å². The van der Waals surface area contributed by atoms with Crippen molar-refractivity contribution in [3.63, 3.8) is 0 Å². The molecule has 11 heteroatoms. The molecule has 0 radical (unpaired) electrons. The van der Waals surface area contributed by atoms with Crippen molar-refractivity contribution in [3.05, 3.63) is 65.7 Å². The Morgan fingerprint density at radius 2 is 1.95 bits per heavy atom. The topological polar surface area (TPSA) is 75.5 Å². The van der Waals surface area contributed by atoms with Gasteiger partial charge in [-0.1, -0.05) is 18.2 Å². The van der Waals surface area contributed by atoms with E-state index in [4.69, 9.17) is 4.74 Å². The lowest BCUT2D eigenvalue weighted by Crippen LogP contribution is -2.42. The van der Waals surface area contributed by atoms with Gasteiger partial charge < -0.3 is 19.9 Å². The van der Waals surface area contributed by atoms with Crippen LogP contribution in [0.15, 0.2) is 48.8 Å². The third kappa shape index (κ3) is 6.72. The van der Waals surface area contributed by atoms with Crippen molar-refractivity contribution >= 4 is 11.7 Å². The Bertz CT molecular complexity index is 1210. The lowest BCUT2D eigenvalue weighted by Gasteiger charge is -2.25. The summed E-state index contributed by atoms with van der Waals surface area (Å²) in [6, 6.07) is 10.9. The summed E-state index contributed by atoms with van der Waals surface area (Å²) in [7, 11) is 0. The van der Waals surface area contributed by atoms with Gasteiger partial charge in [0.1, 0.15) is 23.6 Å². The van der Waals surface area contributed by atoms with Gasteiger partial charge in [0.05, 0.1) is 12.2 Å². The van der Waals surface area contributed by atoms with Crippen LogP contribution in [-0.2, 0) is 12.6 Å². The van der Waals surface area contributed by atoms with Gasteiger partial charge in [0.25, 0.3) is 0 Å². The van der Waals surface area contributed by atoms with Gasteiger partial charge in [0, 0.05) is 44.5 Å². The number of hydrogen-bond acceptors (Lipinski definition) is 5. The molecule has 8 nitrogen and oxygen atoms in total. The molecule has 37 heavy (non-hydrogen) atoms. The third-order valence-electron chi connectivity index (χ3n) is 6.19. The van der Waals surface area contributed by atoms with Crippen molar-refractivity contribution in [2.24, 2.45) is 0 Å². The van der Waals surface area contributed by atoms with Crippen molar-refractivity contribution in [3.8, 4) is 11.4 Å². The molecular formula is C26H31F3N6O2. The monoisotopic (exact) mass is 516 g/mol. The molecule has 0 atom stereocenters. The van der Waals surface area contributed by atoms with Crippen LogP contribution in [0.25, 0.3) is 5.69 Å². The van der Waals surface area contributed by atoms with Crippen LogP contribution in [0.2, 0.25) is 0 Å². The number of benzene rings is 2. The minimum Gasteiger partial charge on any atom is -0.492 e. The van der Waals surface area contributed by atoms with Crippen LogP contribution in [0.3, 0.4) is 0 Å². The number of nitrogens with one attached hydrogen (secondary N) is 1. The fraction of sp³-hybridized carbons (Fsp3) is 0.423. The molecule has 1 N–H and O–H groups in total. The number of carbonyl (C=O) groups is 1. The first-order valence-corrected chi connectivity index (χ1v) is 12.3. The molecule has 2 amide bonds. The Labute approximate surface area is 214 Å². The molecule has 0 spiro atoms. The Hall–Kier alpha value is -3.76. The predicted molar refractivity (Wildman–Crippen MR) is 134 cm³/mol. The second-order valence-corrected chi connectivity index (χ2v) is 8.83. The molecule has 1 saturated heterocycles. The molecule has 2 heterocycles. The van der Waals surface area contributed by atoms with Crippen molar-refractivity contribution in [2.45, 2.75) is 32.9 Å². The lowest BCUT2D eigenvalue weighted by molar-refractivity contribution is -0.137. The summed E-state index contributed by atoms with van der Waals surface area (Å²) >= 11 is 0. The van der Waals surface area contributed by atoms with E-state index in [1.807, 2.05) is 32.0 Å². The van der Waals surface area contributed by atoms with Gasteiger partial charge in [-0.25, -0.2) is 14.5 Å². The number of urea groups is 1. The first-order chi connectivity index (χ1) is 17.7. The number of alkyl halides is 3. The van der Waals surface area contributed by atoms with Crippen LogP contribution in [0, 0.1) is 6.92 Å². The number of halogens is 3. The maximum absolute atomic E-state index is 12.9. The second-order valence-electron chi connectivity index (χ2n) is 8.83. The van der Waals surface area contributed by atoms with E-state index in [2.05, 4.69) is 20.3 Å². The number of ether oxygens (including phenoxy) is 1. The van der Waals surface area contributed by atoms with Crippen LogP contribution in [-0.4, -0.2) is 65.0 Å². The fourth-order valence-corrected chi connectivity index (χ4v) is 4.33. The Kier molecular flexibility index (Phi) is 8.20. The molecule has 2 aromatic carbocycles. The van der Waals surface area contributed by atoms with E-state index in [1.165, 1.54) is 6.07 Å². The van der Waals surface area contributed by atoms with Crippen molar-refractivity contribution in [1.29, 1.82) is 0 Å². The Morgan fingerprint density at radius 1 is 1.11 bits per heavy atom. The SMILES string of the molecule is CCOc1cc(N2CCCN(C(=O)NCCc3cccc(C(F)(F)F)c3)CC2)ccc1-n1cnc(C)n1. The molecule has 1 aliphatic heterocycles. The highest BCUT2D eigenvalue weighted by Crippen LogP contribution is 2.30. The van der Waals surface area contributed by atoms with Crippen molar-refractivity contribution in [2.75, 3.05) is 44.2 Å². The largest absolute Gasteiger partial charge is 0.492 e. The smallest absolute Gasteiger partial charge is 0.416 e. The standard InChI is InChI=1S/C26H31F3N6O2/c1-3-37-24-17-22(8-9-23(24)35-18-31-19(2)32-35)33-12-5-13-34(15-14-33)25(36)30-11-10-20-6-4-7-21(16-20)26(27,28)29/h4,6-9,16-18H,3,5,10-15H2,1-2H3,(H,30,36). The van der Waals surface area contributed by atoms with Crippen LogP contribution in [0.5, 0.6) is 5.75 Å². The van der Waals surface area contributed by atoms with Crippen LogP contribution in [0.1, 0.15) is 30.3 Å². The van der Waals surface area contributed by atoms with Gasteiger partial charge >= 0.3 is 12.2 Å². The number of amides is 2. The van der Waals surface area contributed by atoms with Gasteiger partial charge in [-0.2, -0.15) is 18.3 Å². The molecule has 4 rings (SSSR count). The van der Waals surface area contributed by atoms with Crippen LogP contribution in [0.4, 0.5) is 23.7 Å². The second kappa shape index (κ2) is 11.5. The summed E-state index contributed by atoms with van der Waals surface area (Å²) in [5.74, 6) is 1.38. The van der Waals surface area contributed by atoms with E-state index in [9.17, 15) is 18.0 Å². The summed E-state index contributed by atoms with van der Waals surface area (Å²) in [4.78, 5) is 20.9. The lowest BCUT2D eigenvalue weighted by atomic mass is 10.1. The molecule has 0 aliphatic carbocycles. The molecule has 3 aromatic rings. The molecule has 1 fully saturated rings. The minimum absolute atomic E-state index is 0.208. The molecule has 1 aliphatic rings. The number of hydrogen-bond donors (Lipinski definition) is 1. The molecule has 0 saturated carbocycles. The van der Waals surface area contributed by atoms with E-state index < -0.39 is 11.7 Å². The zero-order valence-corrected chi connectivity index (χ0v) is 21.0. The quantitative estimate of drug-likeness (QED) is 0.502. The number of rotatable bonds is 7. The molecule has 0 bridgehead atoms. The highest BCUT2D eigenvalue weighted by molar-refractivity contribution is 5.74. The van der Waals surface area contributed by atoms with Gasteiger partial charge in [0.2, 0.25) is 0 Å². The third-order valence-corrected chi connectivity index (χ3v) is 6.19. The van der Waals surface area contributed by atoms with Crippen molar-refractivity contribution in [1.82, 2.24) is 25.0 Å². The zero-order chi connectivity index (χ0) is 26.4. The van der Waals surface area contributed by atoms with Crippen LogP contribution >= 0.6 is 0 Å². The first-order valence-electron chi connectivity index (χ1n) is 12.3. The summed E-state index contributed by atoms with van der Waals surface area (Å²) in [6.07, 6.45) is -1.61. The normalized spacial score (nSPS) is 14.4. The predicted octanol–water partition coefficient (Wildman–Crippen LogP) is 4.46. The number of anilines is 1. The highest BCUT2D eigenvalue weighted by atomic mass is 19.4. The Balaban J connectivity index is 1.34. The number of aromatic nitrogens is 3. The van der Waals surface area contributed by atoms with E-state index in [1.54, 1.807) is 22.0 Å². The maximum atomic E-state index is 12.9. The summed E-state index contributed by atoms with van der Waals surface area (Å²) in [6.45, 7) is 7.09. The van der Waals surface area contributed by atoms with Gasteiger partial charge in [-0.05, 0) is 50.5 Å². The summed E-state index contributed by atoms with van der Waals surface area (Å²) in [5, 5.41) is 7.23. The van der Waals surface area contributed by atoms with E-state index in [-0.39, 0.29) is 12.6 Å². The number of aryl methyl sites for hydroxylation is 1. The molecule has 0 unspecified atom stereocenters. The van der Waals surface area contributed by atoms with Gasteiger partial charge in [0.15, 0.2) is 0 Å². The number of carbonyl (C=O) groups excluding carboxylic acids is 1. The average molecular weight is 517 g/mol. The minimum atomic E-state index is -4.38. The van der Waals surface area contributed by atoms with Gasteiger partial charge in [-0.15, -0.1) is 0 Å². The zero-order valence-electron chi connectivity index (χ0n) is 21.0. The fourth-order valence-electron chi connectivity index (χ4n) is 4.33. The number of nitrogens with zero attached hydrogens (tertiary/aromatic N) is 5. The maximum Gasteiger partial charge on any atom is 0.416 e. The molecule has 1 aromatic heterocycles. The summed E-state index contributed by atoms with van der Waals surface area (Å²) in [5.41, 5.74) is 1.66. The molecular weight excluding hydrogens is 485 g/mol.